The molecule has 4 amide bonds. The van der Waals surface area contributed by atoms with Crippen LogP contribution in [0.1, 0.15) is 34.1 Å². The van der Waals surface area contributed by atoms with Crippen molar-refractivity contribution in [1.29, 1.82) is 0 Å². The first-order valence-corrected chi connectivity index (χ1v) is 11.3. The normalized spacial score (nSPS) is 10.8. The monoisotopic (exact) mass is 458 g/mol. The van der Waals surface area contributed by atoms with Gasteiger partial charge in [-0.1, -0.05) is 6.92 Å². The first-order valence-electron chi connectivity index (χ1n) is 11.3. The van der Waals surface area contributed by atoms with Gasteiger partial charge in [-0.2, -0.15) is 0 Å². The Morgan fingerprint density at radius 3 is 1.25 bits per heavy atom. The molecule has 32 heavy (non-hydrogen) atoms. The highest BCUT2D eigenvalue weighted by Gasteiger charge is 2.08. The van der Waals surface area contributed by atoms with E-state index in [1.54, 1.807) is 0 Å². The lowest BCUT2D eigenvalue weighted by molar-refractivity contribution is -0.121. The largest absolute Gasteiger partial charge is 0.379 e. The van der Waals surface area contributed by atoms with Crippen LogP contribution < -0.4 is 21.3 Å². The van der Waals surface area contributed by atoms with Crippen LogP contribution in [0.25, 0.3) is 0 Å². The van der Waals surface area contributed by atoms with Crippen molar-refractivity contribution >= 4 is 23.6 Å². The molecule has 0 aromatic carbocycles. The van der Waals surface area contributed by atoms with E-state index in [-0.39, 0.29) is 23.6 Å². The Kier molecular flexibility index (Phi) is 18.1. The van der Waals surface area contributed by atoms with E-state index in [0.29, 0.717) is 85.1 Å². The first kappa shape index (κ1) is 29.8. The van der Waals surface area contributed by atoms with Crippen LogP contribution in [0.2, 0.25) is 0 Å². The van der Waals surface area contributed by atoms with Crippen LogP contribution in [0.3, 0.4) is 0 Å². The van der Waals surface area contributed by atoms with Gasteiger partial charge in [0.2, 0.25) is 23.6 Å². The molecule has 0 fully saturated rings. The maximum Gasteiger partial charge on any atom is 0.219 e. The van der Waals surface area contributed by atoms with Crippen LogP contribution in [0.4, 0.5) is 0 Å². The Morgan fingerprint density at radius 1 is 0.594 bits per heavy atom. The predicted molar refractivity (Wildman–Crippen MR) is 123 cm³/mol. The molecular weight excluding hydrogens is 416 g/mol. The van der Waals surface area contributed by atoms with E-state index in [1.165, 1.54) is 20.8 Å². The van der Waals surface area contributed by atoms with Crippen molar-refractivity contribution in [2.24, 2.45) is 0 Å². The number of carbonyl (C=O) groups is 4. The summed E-state index contributed by atoms with van der Waals surface area (Å²) >= 11 is 0. The summed E-state index contributed by atoms with van der Waals surface area (Å²) in [7, 11) is 0. The highest BCUT2D eigenvalue weighted by atomic mass is 16.5. The number of rotatable bonds is 19. The summed E-state index contributed by atoms with van der Waals surface area (Å²) in [6, 6.07) is 0. The van der Waals surface area contributed by atoms with Crippen molar-refractivity contribution in [2.75, 3.05) is 78.7 Å². The van der Waals surface area contributed by atoms with Gasteiger partial charge in [0.05, 0.1) is 13.2 Å². The topological polar surface area (TPSA) is 132 Å². The van der Waals surface area contributed by atoms with Crippen LogP contribution in [-0.2, 0) is 23.9 Å². The van der Waals surface area contributed by atoms with Gasteiger partial charge in [-0.25, -0.2) is 0 Å². The molecule has 0 aliphatic carbocycles. The molecule has 11 heteroatoms. The third-order valence-corrected chi connectivity index (χ3v) is 4.58. The molecule has 0 radical (unpaired) electrons. The number of nitrogens with one attached hydrogen (secondary N) is 4. The van der Waals surface area contributed by atoms with Gasteiger partial charge < -0.3 is 26.0 Å². The predicted octanol–water partition coefficient (Wildman–Crippen LogP) is -1.46. The average molecular weight is 459 g/mol. The fourth-order valence-corrected chi connectivity index (χ4v) is 2.81. The molecule has 0 aliphatic heterocycles. The molecule has 0 saturated carbocycles. The lowest BCUT2D eigenvalue weighted by Gasteiger charge is -2.24. The van der Waals surface area contributed by atoms with Gasteiger partial charge in [-0.3, -0.25) is 29.0 Å². The fourth-order valence-electron chi connectivity index (χ4n) is 2.81. The summed E-state index contributed by atoms with van der Waals surface area (Å²) in [6.07, 6.45) is 0.454. The zero-order valence-corrected chi connectivity index (χ0v) is 20.1. The molecule has 0 unspecified atom stereocenters. The van der Waals surface area contributed by atoms with Gasteiger partial charge in [0.1, 0.15) is 0 Å². The number of nitrogens with zero attached hydrogens (tertiary/aromatic N) is 2. The molecule has 0 saturated heterocycles. The van der Waals surface area contributed by atoms with Gasteiger partial charge in [0, 0.05) is 92.6 Å². The second-order valence-corrected chi connectivity index (χ2v) is 7.45. The van der Waals surface area contributed by atoms with Gasteiger partial charge in [-0.05, 0) is 0 Å². The molecule has 0 spiro atoms. The number of hydrogen-bond acceptors (Lipinski definition) is 7. The maximum atomic E-state index is 11.4. The van der Waals surface area contributed by atoms with E-state index in [0.717, 1.165) is 0 Å². The highest BCUT2D eigenvalue weighted by molar-refractivity contribution is 5.75. The Bertz CT molecular complexity index is 541. The summed E-state index contributed by atoms with van der Waals surface area (Å²) in [5.41, 5.74) is 0. The summed E-state index contributed by atoms with van der Waals surface area (Å²) < 4.78 is 5.79. The third-order valence-electron chi connectivity index (χ3n) is 4.58. The van der Waals surface area contributed by atoms with Crippen LogP contribution >= 0.6 is 0 Å². The van der Waals surface area contributed by atoms with Crippen molar-refractivity contribution < 1.29 is 23.9 Å². The van der Waals surface area contributed by atoms with Crippen molar-refractivity contribution in [3.63, 3.8) is 0 Å². The number of amides is 4. The van der Waals surface area contributed by atoms with E-state index in [9.17, 15) is 19.2 Å². The van der Waals surface area contributed by atoms with Crippen LogP contribution in [0, 0.1) is 0 Å². The van der Waals surface area contributed by atoms with E-state index < -0.39 is 0 Å². The van der Waals surface area contributed by atoms with E-state index in [4.69, 9.17) is 4.74 Å². The minimum absolute atomic E-state index is 0.0154. The maximum absolute atomic E-state index is 11.4. The molecule has 0 aliphatic rings. The summed E-state index contributed by atoms with van der Waals surface area (Å²) in [5.74, 6) is -0.198. The number of carbonyl (C=O) groups excluding carboxylic acids is 4. The summed E-state index contributed by atoms with van der Waals surface area (Å²) in [4.78, 5) is 48.9. The van der Waals surface area contributed by atoms with Crippen LogP contribution in [0.5, 0.6) is 0 Å². The smallest absolute Gasteiger partial charge is 0.219 e. The minimum Gasteiger partial charge on any atom is -0.379 e. The van der Waals surface area contributed by atoms with E-state index in [1.807, 2.05) is 6.92 Å². The lowest BCUT2D eigenvalue weighted by Crippen LogP contribution is -2.41. The summed E-state index contributed by atoms with van der Waals surface area (Å²) in [5, 5.41) is 11.2. The highest BCUT2D eigenvalue weighted by Crippen LogP contribution is 1.92. The van der Waals surface area contributed by atoms with E-state index >= 15 is 0 Å². The molecule has 0 aromatic rings. The van der Waals surface area contributed by atoms with Gasteiger partial charge in [0.15, 0.2) is 0 Å². The van der Waals surface area contributed by atoms with Gasteiger partial charge >= 0.3 is 0 Å². The molecule has 11 nitrogen and oxygen atoms in total. The van der Waals surface area contributed by atoms with Gasteiger partial charge in [0.25, 0.3) is 0 Å². The quantitative estimate of drug-likeness (QED) is 0.174. The molecule has 0 aromatic heterocycles. The second-order valence-electron chi connectivity index (χ2n) is 7.45. The van der Waals surface area contributed by atoms with E-state index in [2.05, 4.69) is 31.1 Å². The average Bonchev–Trinajstić information content (AvgIpc) is 2.71. The van der Waals surface area contributed by atoms with Crippen molar-refractivity contribution in [2.45, 2.75) is 34.1 Å². The third kappa shape index (κ3) is 19.7. The summed E-state index contributed by atoms with van der Waals surface area (Å²) in [6.45, 7) is 13.5. The Hall–Kier alpha value is -2.24. The lowest BCUT2D eigenvalue weighted by atomic mass is 10.4. The number of hydrogen-bond donors (Lipinski definition) is 4. The Balaban J connectivity index is 4.32. The van der Waals surface area contributed by atoms with Crippen molar-refractivity contribution in [1.82, 2.24) is 31.1 Å². The SMILES string of the molecule is CCC(=O)NCCN(CCNC(C)=O)CCOCCN(CCNC(C)=O)CCNC(C)=O. The van der Waals surface area contributed by atoms with Gasteiger partial charge in [-0.15, -0.1) is 0 Å². The standard InChI is InChI=1S/C21H42N6O5/c1-5-21(31)25-9-13-27(12-8-24-20(4)30)15-17-32-16-14-26(10-6-22-18(2)28)11-7-23-19(3)29/h5-17H2,1-4H3,(H,22,28)(H,23,29)(H,24,30)(H,25,31). The Morgan fingerprint density at radius 2 is 0.938 bits per heavy atom. The first-order chi connectivity index (χ1) is 15.2. The Labute approximate surface area is 192 Å². The molecule has 0 bridgehead atoms. The van der Waals surface area contributed by atoms with Crippen molar-refractivity contribution in [3.8, 4) is 0 Å². The zero-order chi connectivity index (χ0) is 24.2. The van der Waals surface area contributed by atoms with Crippen LogP contribution in [0.15, 0.2) is 0 Å². The minimum atomic E-state index is -0.0717. The van der Waals surface area contributed by atoms with Crippen molar-refractivity contribution in [3.05, 3.63) is 0 Å². The zero-order valence-electron chi connectivity index (χ0n) is 20.1. The van der Waals surface area contributed by atoms with Crippen LogP contribution in [-0.4, -0.2) is 112 Å². The molecule has 0 rings (SSSR count). The molecule has 4 N–H and O–H groups in total. The fraction of sp³-hybridized carbons (Fsp3) is 0.810. The molecule has 186 valence electrons. The number of ether oxygens (including phenoxy) is 1. The molecule has 0 heterocycles. The molecular formula is C21H42N6O5. The second kappa shape index (κ2) is 19.4. The molecule has 0 atom stereocenters.